The van der Waals surface area contributed by atoms with Crippen LogP contribution in [0.2, 0.25) is 0 Å². The van der Waals surface area contributed by atoms with Crippen LogP contribution in [0.5, 0.6) is 0 Å². The molecule has 1 N–H and O–H groups in total. The average molecular weight is 308 g/mol. The number of hydrogen-bond acceptors (Lipinski definition) is 4. The molecule has 0 aliphatic rings. The van der Waals surface area contributed by atoms with Gasteiger partial charge in [-0.05, 0) is 42.0 Å². The first-order valence-corrected chi connectivity index (χ1v) is 7.99. The summed E-state index contributed by atoms with van der Waals surface area (Å²) in [7, 11) is 0. The monoisotopic (exact) mass is 308 g/mol. The Morgan fingerprint density at radius 2 is 1.95 bits per heavy atom. The highest BCUT2D eigenvalue weighted by Gasteiger charge is 2.12. The number of aromatic nitrogens is 1. The number of oxime groups is 1. The van der Waals surface area contributed by atoms with Gasteiger partial charge in [0.2, 0.25) is 0 Å². The molecule has 1 aromatic carbocycles. The lowest BCUT2D eigenvalue weighted by Gasteiger charge is -2.10. The van der Waals surface area contributed by atoms with Crippen LogP contribution in [-0.2, 0) is 12.8 Å². The first-order valence-electron chi connectivity index (χ1n) is 7.11. The first kappa shape index (κ1) is 14.5. The average Bonchev–Trinajstić information content (AvgIpc) is 3.09. The van der Waals surface area contributed by atoms with Crippen LogP contribution < -0.4 is 0 Å². The van der Waals surface area contributed by atoms with Crippen LogP contribution in [-0.4, -0.2) is 15.9 Å². The Morgan fingerprint density at radius 1 is 1.05 bits per heavy atom. The SMILES string of the molecule is ON=C(c1cccnc1)c1ccccc1CCc1cccs1. The summed E-state index contributed by atoms with van der Waals surface area (Å²) in [6.45, 7) is 0. The maximum absolute atomic E-state index is 9.47. The zero-order valence-corrected chi connectivity index (χ0v) is 12.8. The van der Waals surface area contributed by atoms with E-state index in [-0.39, 0.29) is 0 Å². The first-order chi connectivity index (χ1) is 10.9. The smallest absolute Gasteiger partial charge is 0.118 e. The fourth-order valence-electron chi connectivity index (χ4n) is 2.45. The number of nitrogens with zero attached hydrogens (tertiary/aromatic N) is 2. The lowest BCUT2D eigenvalue weighted by Crippen LogP contribution is -2.08. The van der Waals surface area contributed by atoms with Crippen molar-refractivity contribution < 1.29 is 5.21 Å². The van der Waals surface area contributed by atoms with Crippen LogP contribution in [0, 0.1) is 0 Å². The highest BCUT2D eigenvalue weighted by atomic mass is 32.1. The Kier molecular flexibility index (Phi) is 4.61. The van der Waals surface area contributed by atoms with Gasteiger partial charge in [-0.25, -0.2) is 0 Å². The van der Waals surface area contributed by atoms with Crippen molar-refractivity contribution in [3.8, 4) is 0 Å². The van der Waals surface area contributed by atoms with Crippen LogP contribution in [0.15, 0.2) is 71.5 Å². The molecule has 0 spiro atoms. The summed E-state index contributed by atoms with van der Waals surface area (Å²) in [5.41, 5.74) is 3.51. The van der Waals surface area contributed by atoms with E-state index in [4.69, 9.17) is 0 Å². The van der Waals surface area contributed by atoms with Crippen LogP contribution >= 0.6 is 11.3 Å². The molecular weight excluding hydrogens is 292 g/mol. The lowest BCUT2D eigenvalue weighted by atomic mass is 9.95. The largest absolute Gasteiger partial charge is 0.410 e. The molecule has 3 nitrogen and oxygen atoms in total. The van der Waals surface area contributed by atoms with Crippen molar-refractivity contribution in [1.82, 2.24) is 4.98 Å². The summed E-state index contributed by atoms with van der Waals surface area (Å²) in [5, 5.41) is 15.1. The molecule has 0 bridgehead atoms. The summed E-state index contributed by atoms with van der Waals surface area (Å²) in [6.07, 6.45) is 5.32. The molecule has 0 unspecified atom stereocenters. The Bertz CT molecular complexity index is 752. The molecule has 0 atom stereocenters. The van der Waals surface area contributed by atoms with Crippen LogP contribution in [0.3, 0.4) is 0 Å². The fraction of sp³-hybridized carbons (Fsp3) is 0.111. The summed E-state index contributed by atoms with van der Waals surface area (Å²) in [4.78, 5) is 5.46. The van der Waals surface area contributed by atoms with Gasteiger partial charge in [-0.2, -0.15) is 0 Å². The molecule has 0 saturated heterocycles. The van der Waals surface area contributed by atoms with Gasteiger partial charge in [0.15, 0.2) is 0 Å². The van der Waals surface area contributed by atoms with Crippen molar-refractivity contribution in [3.63, 3.8) is 0 Å². The predicted molar refractivity (Wildman–Crippen MR) is 89.8 cm³/mol. The molecule has 0 aliphatic carbocycles. The molecule has 110 valence electrons. The third kappa shape index (κ3) is 3.23. The second-order valence-electron chi connectivity index (χ2n) is 4.93. The topological polar surface area (TPSA) is 45.5 Å². The van der Waals surface area contributed by atoms with Gasteiger partial charge >= 0.3 is 0 Å². The Labute approximate surface area is 133 Å². The van der Waals surface area contributed by atoms with Gasteiger partial charge in [-0.3, -0.25) is 4.98 Å². The summed E-state index contributed by atoms with van der Waals surface area (Å²) in [6, 6.07) is 16.0. The second-order valence-corrected chi connectivity index (χ2v) is 5.96. The molecule has 0 amide bonds. The van der Waals surface area contributed by atoms with Gasteiger partial charge in [0, 0.05) is 28.4 Å². The van der Waals surface area contributed by atoms with E-state index < -0.39 is 0 Å². The van der Waals surface area contributed by atoms with E-state index in [1.54, 1.807) is 23.7 Å². The van der Waals surface area contributed by atoms with Crippen molar-refractivity contribution >= 4 is 17.0 Å². The van der Waals surface area contributed by atoms with E-state index >= 15 is 0 Å². The number of pyridine rings is 1. The van der Waals surface area contributed by atoms with Crippen molar-refractivity contribution in [2.24, 2.45) is 5.16 Å². The molecule has 0 saturated carbocycles. The van der Waals surface area contributed by atoms with E-state index in [0.717, 1.165) is 24.0 Å². The van der Waals surface area contributed by atoms with E-state index in [2.05, 4.69) is 33.7 Å². The zero-order chi connectivity index (χ0) is 15.2. The Hall–Kier alpha value is -2.46. The van der Waals surface area contributed by atoms with E-state index in [1.807, 2.05) is 30.3 Å². The maximum Gasteiger partial charge on any atom is 0.118 e. The normalized spacial score (nSPS) is 11.5. The Morgan fingerprint density at radius 3 is 2.68 bits per heavy atom. The van der Waals surface area contributed by atoms with Crippen LogP contribution in [0.1, 0.15) is 21.6 Å². The van der Waals surface area contributed by atoms with E-state index in [0.29, 0.717) is 5.71 Å². The number of thiophene rings is 1. The van der Waals surface area contributed by atoms with Gasteiger partial charge < -0.3 is 5.21 Å². The number of hydrogen-bond donors (Lipinski definition) is 1. The maximum atomic E-state index is 9.47. The quantitative estimate of drug-likeness (QED) is 0.437. The third-order valence-electron chi connectivity index (χ3n) is 3.53. The molecule has 22 heavy (non-hydrogen) atoms. The van der Waals surface area contributed by atoms with Crippen molar-refractivity contribution in [3.05, 3.63) is 87.9 Å². The summed E-state index contributed by atoms with van der Waals surface area (Å²) >= 11 is 1.77. The van der Waals surface area contributed by atoms with Crippen molar-refractivity contribution in [2.75, 3.05) is 0 Å². The van der Waals surface area contributed by atoms with Crippen molar-refractivity contribution in [1.29, 1.82) is 0 Å². The standard InChI is InChI=1S/C18H16N2OS/c21-20-18(15-6-3-11-19-13-15)17-8-2-1-5-14(17)9-10-16-7-4-12-22-16/h1-8,11-13,21H,9-10H2. The van der Waals surface area contributed by atoms with Crippen LogP contribution in [0.4, 0.5) is 0 Å². The van der Waals surface area contributed by atoms with E-state index in [1.165, 1.54) is 10.4 Å². The summed E-state index contributed by atoms with van der Waals surface area (Å²) < 4.78 is 0. The predicted octanol–water partition coefficient (Wildman–Crippen LogP) is 4.15. The van der Waals surface area contributed by atoms with Gasteiger partial charge in [0.25, 0.3) is 0 Å². The Balaban J connectivity index is 1.90. The second kappa shape index (κ2) is 7.00. The zero-order valence-electron chi connectivity index (χ0n) is 12.0. The molecule has 3 rings (SSSR count). The highest BCUT2D eigenvalue weighted by Crippen LogP contribution is 2.19. The van der Waals surface area contributed by atoms with Gasteiger partial charge in [-0.1, -0.05) is 35.5 Å². The van der Waals surface area contributed by atoms with Gasteiger partial charge in [-0.15, -0.1) is 11.3 Å². The molecule has 3 aromatic rings. The third-order valence-corrected chi connectivity index (χ3v) is 4.46. The molecule has 2 aromatic heterocycles. The minimum Gasteiger partial charge on any atom is -0.410 e. The highest BCUT2D eigenvalue weighted by molar-refractivity contribution is 7.09. The lowest BCUT2D eigenvalue weighted by molar-refractivity contribution is 0.319. The number of benzene rings is 1. The molecule has 2 heterocycles. The minimum absolute atomic E-state index is 0.565. The van der Waals surface area contributed by atoms with E-state index in [9.17, 15) is 5.21 Å². The van der Waals surface area contributed by atoms with Gasteiger partial charge in [0.05, 0.1) is 0 Å². The molecule has 0 radical (unpaired) electrons. The molecule has 0 fully saturated rings. The molecular formula is C18H16N2OS. The molecule has 0 aliphatic heterocycles. The summed E-state index contributed by atoms with van der Waals surface area (Å²) in [5.74, 6) is 0. The van der Waals surface area contributed by atoms with Crippen LogP contribution in [0.25, 0.3) is 0 Å². The van der Waals surface area contributed by atoms with Gasteiger partial charge in [0.1, 0.15) is 5.71 Å². The number of rotatable bonds is 5. The fourth-order valence-corrected chi connectivity index (χ4v) is 3.16. The minimum atomic E-state index is 0.565. The number of aryl methyl sites for hydroxylation is 2. The van der Waals surface area contributed by atoms with Crippen molar-refractivity contribution in [2.45, 2.75) is 12.8 Å². The molecule has 4 heteroatoms.